The first-order valence-electron chi connectivity index (χ1n) is 4.11. The van der Waals surface area contributed by atoms with Crippen molar-refractivity contribution in [3.8, 4) is 0 Å². The minimum Gasteiger partial charge on any atom is -0.352 e. The number of hydrogen-bond acceptors (Lipinski definition) is 3. The summed E-state index contributed by atoms with van der Waals surface area (Å²) >= 11 is 5.93. The van der Waals surface area contributed by atoms with Gasteiger partial charge in [-0.2, -0.15) is 5.10 Å². The summed E-state index contributed by atoms with van der Waals surface area (Å²) in [5.41, 5.74) is 1.73. The summed E-state index contributed by atoms with van der Waals surface area (Å²) in [6.07, 6.45) is 6.89. The van der Waals surface area contributed by atoms with E-state index < -0.39 is 0 Å². The van der Waals surface area contributed by atoms with E-state index in [9.17, 15) is 0 Å². The summed E-state index contributed by atoms with van der Waals surface area (Å²) in [6.45, 7) is 0. The van der Waals surface area contributed by atoms with Gasteiger partial charge in [-0.3, -0.25) is 9.67 Å². The smallest absolute Gasteiger partial charge is 0.0824 e. The van der Waals surface area contributed by atoms with Crippen LogP contribution in [0, 0.1) is 0 Å². The van der Waals surface area contributed by atoms with Crippen molar-refractivity contribution in [2.45, 2.75) is 0 Å². The Labute approximate surface area is 86.5 Å². The van der Waals surface area contributed by atoms with Gasteiger partial charge in [0, 0.05) is 25.6 Å². The maximum Gasteiger partial charge on any atom is 0.0824 e. The molecule has 0 saturated heterocycles. The fourth-order valence-corrected chi connectivity index (χ4v) is 1.28. The molecule has 0 aliphatic rings. The van der Waals surface area contributed by atoms with Crippen LogP contribution in [0.4, 0.5) is 11.4 Å². The van der Waals surface area contributed by atoms with Crippen molar-refractivity contribution in [1.29, 1.82) is 0 Å². The van der Waals surface area contributed by atoms with Crippen molar-refractivity contribution in [1.82, 2.24) is 14.8 Å². The molecule has 0 amide bonds. The van der Waals surface area contributed by atoms with Crippen molar-refractivity contribution in [3.05, 3.63) is 35.9 Å². The Balaban J connectivity index is 2.23. The standard InChI is InChI=1S/C9H9ClN4/c1-14-6-7(4-12-14)13-9-2-3-11-5-8(9)10/h2-6H,1H3,(H,11,13). The Hall–Kier alpha value is -1.55. The molecular weight excluding hydrogens is 200 g/mol. The zero-order valence-electron chi connectivity index (χ0n) is 7.61. The molecule has 2 aromatic heterocycles. The van der Waals surface area contributed by atoms with Gasteiger partial charge < -0.3 is 5.32 Å². The number of rotatable bonds is 2. The number of anilines is 2. The molecule has 0 atom stereocenters. The van der Waals surface area contributed by atoms with E-state index in [0.717, 1.165) is 11.4 Å². The minimum atomic E-state index is 0.594. The molecule has 0 aromatic carbocycles. The number of nitrogens with one attached hydrogen (secondary N) is 1. The fourth-order valence-electron chi connectivity index (χ4n) is 1.12. The fraction of sp³-hybridized carbons (Fsp3) is 0.111. The molecule has 2 aromatic rings. The van der Waals surface area contributed by atoms with Crippen LogP contribution in [0.5, 0.6) is 0 Å². The molecule has 0 aliphatic carbocycles. The number of pyridine rings is 1. The topological polar surface area (TPSA) is 42.7 Å². The van der Waals surface area contributed by atoms with E-state index in [4.69, 9.17) is 11.6 Å². The van der Waals surface area contributed by atoms with E-state index >= 15 is 0 Å². The highest BCUT2D eigenvalue weighted by Gasteiger charge is 2.00. The highest BCUT2D eigenvalue weighted by Crippen LogP contribution is 2.23. The maximum atomic E-state index is 5.93. The predicted molar refractivity (Wildman–Crippen MR) is 55.7 cm³/mol. The molecule has 0 bridgehead atoms. The van der Waals surface area contributed by atoms with E-state index in [1.54, 1.807) is 23.3 Å². The predicted octanol–water partition coefficient (Wildman–Crippen LogP) is 2.21. The lowest BCUT2D eigenvalue weighted by Crippen LogP contribution is -1.90. The molecule has 2 heterocycles. The van der Waals surface area contributed by atoms with E-state index in [0.29, 0.717) is 5.02 Å². The van der Waals surface area contributed by atoms with Gasteiger partial charge in [0.1, 0.15) is 0 Å². The third-order valence-electron chi connectivity index (χ3n) is 1.76. The van der Waals surface area contributed by atoms with Crippen LogP contribution in [-0.4, -0.2) is 14.8 Å². The van der Waals surface area contributed by atoms with Gasteiger partial charge >= 0.3 is 0 Å². The van der Waals surface area contributed by atoms with Gasteiger partial charge in [-0.05, 0) is 6.07 Å². The largest absolute Gasteiger partial charge is 0.352 e. The van der Waals surface area contributed by atoms with Crippen LogP contribution in [0.25, 0.3) is 0 Å². The van der Waals surface area contributed by atoms with Gasteiger partial charge in [0.25, 0.3) is 0 Å². The SMILES string of the molecule is Cn1cc(Nc2ccncc2Cl)cn1. The van der Waals surface area contributed by atoms with Gasteiger partial charge in [-0.1, -0.05) is 11.6 Å². The number of hydrogen-bond donors (Lipinski definition) is 1. The summed E-state index contributed by atoms with van der Waals surface area (Å²) in [7, 11) is 1.86. The molecular formula is C9H9ClN4. The molecule has 4 nitrogen and oxygen atoms in total. The second-order valence-electron chi connectivity index (χ2n) is 2.88. The first-order valence-corrected chi connectivity index (χ1v) is 4.48. The summed E-state index contributed by atoms with van der Waals surface area (Å²) in [4.78, 5) is 3.90. The van der Waals surface area contributed by atoms with Gasteiger partial charge in [0.15, 0.2) is 0 Å². The lowest BCUT2D eigenvalue weighted by Gasteiger charge is -2.03. The molecule has 2 rings (SSSR count). The molecule has 0 spiro atoms. The highest BCUT2D eigenvalue weighted by molar-refractivity contribution is 6.33. The quantitative estimate of drug-likeness (QED) is 0.823. The van der Waals surface area contributed by atoms with Gasteiger partial charge in [0.05, 0.1) is 22.6 Å². The summed E-state index contributed by atoms with van der Waals surface area (Å²) in [5, 5.41) is 7.77. The average Bonchev–Trinajstić information content (AvgIpc) is 2.56. The number of aromatic nitrogens is 3. The lowest BCUT2D eigenvalue weighted by molar-refractivity contribution is 0.768. The molecule has 0 fully saturated rings. The van der Waals surface area contributed by atoms with Crippen LogP contribution in [-0.2, 0) is 7.05 Å². The normalized spacial score (nSPS) is 10.1. The van der Waals surface area contributed by atoms with E-state index in [-0.39, 0.29) is 0 Å². The second-order valence-corrected chi connectivity index (χ2v) is 3.29. The molecule has 72 valence electrons. The van der Waals surface area contributed by atoms with Crippen molar-refractivity contribution >= 4 is 23.0 Å². The van der Waals surface area contributed by atoms with Gasteiger partial charge in [-0.25, -0.2) is 0 Å². The van der Waals surface area contributed by atoms with Crippen LogP contribution in [0.15, 0.2) is 30.9 Å². The first-order chi connectivity index (χ1) is 6.75. The molecule has 5 heteroatoms. The van der Waals surface area contributed by atoms with Crippen molar-refractivity contribution in [2.24, 2.45) is 7.05 Å². The molecule has 1 N–H and O–H groups in total. The Morgan fingerprint density at radius 3 is 2.93 bits per heavy atom. The van der Waals surface area contributed by atoms with Crippen molar-refractivity contribution in [2.75, 3.05) is 5.32 Å². The monoisotopic (exact) mass is 208 g/mol. The Morgan fingerprint density at radius 2 is 2.29 bits per heavy atom. The Morgan fingerprint density at radius 1 is 1.43 bits per heavy atom. The maximum absolute atomic E-state index is 5.93. The molecule has 0 unspecified atom stereocenters. The summed E-state index contributed by atoms with van der Waals surface area (Å²) in [5.74, 6) is 0. The Bertz CT molecular complexity index is 438. The number of nitrogens with zero attached hydrogens (tertiary/aromatic N) is 3. The second kappa shape index (κ2) is 3.67. The zero-order chi connectivity index (χ0) is 9.97. The third kappa shape index (κ3) is 1.85. The highest BCUT2D eigenvalue weighted by atomic mass is 35.5. The first kappa shape index (κ1) is 9.02. The van der Waals surface area contributed by atoms with Gasteiger partial charge in [-0.15, -0.1) is 0 Å². The van der Waals surface area contributed by atoms with Crippen LogP contribution in [0.1, 0.15) is 0 Å². The van der Waals surface area contributed by atoms with Gasteiger partial charge in [0.2, 0.25) is 0 Å². The van der Waals surface area contributed by atoms with E-state index in [1.807, 2.05) is 19.3 Å². The summed E-state index contributed by atoms with van der Waals surface area (Å²) in [6, 6.07) is 1.81. The third-order valence-corrected chi connectivity index (χ3v) is 2.06. The number of halogens is 1. The molecule has 0 saturated carbocycles. The lowest BCUT2D eigenvalue weighted by atomic mass is 10.4. The average molecular weight is 209 g/mol. The molecule has 0 radical (unpaired) electrons. The Kier molecular flexibility index (Phi) is 2.37. The number of aryl methyl sites for hydroxylation is 1. The molecule has 14 heavy (non-hydrogen) atoms. The van der Waals surface area contributed by atoms with Crippen molar-refractivity contribution in [3.63, 3.8) is 0 Å². The van der Waals surface area contributed by atoms with Crippen LogP contribution >= 0.6 is 11.6 Å². The zero-order valence-corrected chi connectivity index (χ0v) is 8.36. The van der Waals surface area contributed by atoms with Crippen LogP contribution in [0.3, 0.4) is 0 Å². The van der Waals surface area contributed by atoms with Crippen molar-refractivity contribution < 1.29 is 0 Å². The summed E-state index contributed by atoms with van der Waals surface area (Å²) < 4.78 is 1.72. The van der Waals surface area contributed by atoms with E-state index in [1.165, 1.54) is 0 Å². The molecule has 0 aliphatic heterocycles. The minimum absolute atomic E-state index is 0.594. The van der Waals surface area contributed by atoms with E-state index in [2.05, 4.69) is 15.4 Å². The van der Waals surface area contributed by atoms with Crippen LogP contribution < -0.4 is 5.32 Å². The van der Waals surface area contributed by atoms with Crippen LogP contribution in [0.2, 0.25) is 5.02 Å².